The lowest BCUT2D eigenvalue weighted by Crippen LogP contribution is -2.05. The number of aromatic hydroxyl groups is 1. The molecule has 0 aliphatic rings. The third kappa shape index (κ3) is 4.74. The Hall–Kier alpha value is -3.01. The topological polar surface area (TPSA) is 55.8 Å². The van der Waals surface area contributed by atoms with Gasteiger partial charge in [0.15, 0.2) is 0 Å². The fourth-order valence-corrected chi connectivity index (χ4v) is 2.09. The first-order chi connectivity index (χ1) is 11.6. The van der Waals surface area contributed by atoms with Gasteiger partial charge in [0.05, 0.1) is 19.3 Å². The molecule has 0 aromatic heterocycles. The number of phenolic OH excluding ortho intramolecular Hbond substituents is 1. The van der Waals surface area contributed by atoms with E-state index in [0.717, 1.165) is 5.56 Å². The molecular formula is C20H20O4. The molecule has 2 rings (SSSR count). The Kier molecular flexibility index (Phi) is 6.20. The van der Waals surface area contributed by atoms with E-state index >= 15 is 0 Å². The first-order valence-electron chi connectivity index (χ1n) is 7.63. The molecule has 0 atom stereocenters. The molecule has 2 aromatic carbocycles. The number of methoxy groups -OCH3 is 1. The van der Waals surface area contributed by atoms with E-state index in [0.29, 0.717) is 23.5 Å². The van der Waals surface area contributed by atoms with E-state index in [1.165, 1.54) is 0 Å². The second-order valence-corrected chi connectivity index (χ2v) is 4.99. The Morgan fingerprint density at radius 1 is 1.17 bits per heavy atom. The van der Waals surface area contributed by atoms with E-state index in [-0.39, 0.29) is 5.75 Å². The highest BCUT2D eigenvalue weighted by atomic mass is 16.5. The van der Waals surface area contributed by atoms with Gasteiger partial charge in [-0.05, 0) is 42.8 Å². The van der Waals surface area contributed by atoms with E-state index in [1.807, 2.05) is 30.3 Å². The van der Waals surface area contributed by atoms with E-state index in [9.17, 15) is 9.90 Å². The molecule has 0 saturated heterocycles. The second-order valence-electron chi connectivity index (χ2n) is 4.99. The van der Waals surface area contributed by atoms with Gasteiger partial charge < -0.3 is 14.6 Å². The number of benzene rings is 2. The van der Waals surface area contributed by atoms with Crippen molar-refractivity contribution in [2.45, 2.75) is 6.92 Å². The summed E-state index contributed by atoms with van der Waals surface area (Å²) >= 11 is 0. The van der Waals surface area contributed by atoms with Crippen molar-refractivity contribution in [1.82, 2.24) is 0 Å². The van der Waals surface area contributed by atoms with Gasteiger partial charge in [-0.25, -0.2) is 4.79 Å². The van der Waals surface area contributed by atoms with Crippen molar-refractivity contribution in [3.63, 3.8) is 0 Å². The monoisotopic (exact) mass is 324 g/mol. The molecule has 0 spiro atoms. The summed E-state index contributed by atoms with van der Waals surface area (Å²) in [5.74, 6) is 0.312. The molecule has 0 amide bonds. The maximum atomic E-state index is 12.1. The van der Waals surface area contributed by atoms with Crippen LogP contribution in [-0.4, -0.2) is 24.8 Å². The van der Waals surface area contributed by atoms with Crippen LogP contribution in [0.2, 0.25) is 0 Å². The highest BCUT2D eigenvalue weighted by Crippen LogP contribution is 2.24. The molecule has 0 aliphatic heterocycles. The van der Waals surface area contributed by atoms with Crippen molar-refractivity contribution in [2.75, 3.05) is 13.7 Å². The van der Waals surface area contributed by atoms with Crippen LogP contribution in [0, 0.1) is 0 Å². The molecular weight excluding hydrogens is 304 g/mol. The van der Waals surface area contributed by atoms with Crippen LogP contribution in [0.25, 0.3) is 12.2 Å². The van der Waals surface area contributed by atoms with Crippen molar-refractivity contribution < 1.29 is 19.4 Å². The molecule has 0 fully saturated rings. The predicted octanol–water partition coefficient (Wildman–Crippen LogP) is 4.06. The van der Waals surface area contributed by atoms with Crippen LogP contribution in [-0.2, 0) is 9.53 Å². The average molecular weight is 324 g/mol. The van der Waals surface area contributed by atoms with Gasteiger partial charge in [-0.3, -0.25) is 0 Å². The summed E-state index contributed by atoms with van der Waals surface area (Å²) in [6.45, 7) is 2.05. The van der Waals surface area contributed by atoms with Gasteiger partial charge in [-0.2, -0.15) is 0 Å². The fraction of sp³-hybridized carbons (Fsp3) is 0.150. The minimum Gasteiger partial charge on any atom is -0.507 e. The van der Waals surface area contributed by atoms with Crippen LogP contribution in [0.15, 0.2) is 60.2 Å². The predicted molar refractivity (Wildman–Crippen MR) is 94.7 cm³/mol. The van der Waals surface area contributed by atoms with Gasteiger partial charge in [0.2, 0.25) is 0 Å². The van der Waals surface area contributed by atoms with Gasteiger partial charge in [0, 0.05) is 5.56 Å². The van der Waals surface area contributed by atoms with E-state index in [2.05, 4.69) is 0 Å². The molecule has 2 aromatic rings. The summed E-state index contributed by atoms with van der Waals surface area (Å²) in [4.78, 5) is 12.1. The number of esters is 1. The van der Waals surface area contributed by atoms with Crippen molar-refractivity contribution >= 4 is 18.1 Å². The van der Waals surface area contributed by atoms with E-state index in [1.54, 1.807) is 50.5 Å². The largest absolute Gasteiger partial charge is 0.507 e. The smallest absolute Gasteiger partial charge is 0.338 e. The van der Waals surface area contributed by atoms with E-state index < -0.39 is 5.97 Å². The van der Waals surface area contributed by atoms with Gasteiger partial charge >= 0.3 is 5.97 Å². The number of hydrogen-bond acceptors (Lipinski definition) is 4. The molecule has 0 bridgehead atoms. The van der Waals surface area contributed by atoms with Crippen molar-refractivity contribution in [3.8, 4) is 11.5 Å². The zero-order valence-electron chi connectivity index (χ0n) is 13.7. The van der Waals surface area contributed by atoms with Crippen molar-refractivity contribution in [2.24, 2.45) is 0 Å². The van der Waals surface area contributed by atoms with Crippen LogP contribution in [0.1, 0.15) is 18.1 Å². The maximum Gasteiger partial charge on any atom is 0.338 e. The molecule has 0 heterocycles. The highest BCUT2D eigenvalue weighted by Gasteiger charge is 2.08. The zero-order valence-corrected chi connectivity index (χ0v) is 13.7. The van der Waals surface area contributed by atoms with Gasteiger partial charge in [0.25, 0.3) is 0 Å². The van der Waals surface area contributed by atoms with Crippen LogP contribution >= 0.6 is 0 Å². The summed E-state index contributed by atoms with van der Waals surface area (Å²) in [7, 11) is 1.55. The lowest BCUT2D eigenvalue weighted by molar-refractivity contribution is -0.138. The third-order valence-corrected chi connectivity index (χ3v) is 3.31. The third-order valence-electron chi connectivity index (χ3n) is 3.31. The number of ether oxygens (including phenoxy) is 2. The maximum absolute atomic E-state index is 12.1. The number of carbonyl (C=O) groups excluding carboxylic acids is 1. The average Bonchev–Trinajstić information content (AvgIpc) is 2.61. The zero-order chi connectivity index (χ0) is 17.4. The standard InChI is InChI=1S/C20H20O4/c1-3-24-20(22)17(13-15-7-5-4-6-8-15)10-9-16-14-18(23-2)11-12-19(16)21/h4-14,21H,3H2,1-2H3/b10-9+,17-13+. The molecule has 0 unspecified atom stereocenters. The molecule has 0 radical (unpaired) electrons. The SMILES string of the molecule is CCOC(=O)C(/C=C/c1cc(OC)ccc1O)=C/c1ccccc1. The Morgan fingerprint density at radius 2 is 1.92 bits per heavy atom. The Balaban J connectivity index is 2.35. The Morgan fingerprint density at radius 3 is 2.58 bits per heavy atom. The van der Waals surface area contributed by atoms with Crippen molar-refractivity contribution in [1.29, 1.82) is 0 Å². The minimum atomic E-state index is -0.417. The lowest BCUT2D eigenvalue weighted by atomic mass is 10.1. The summed E-state index contributed by atoms with van der Waals surface area (Å²) in [6, 6.07) is 14.4. The number of rotatable bonds is 6. The molecule has 24 heavy (non-hydrogen) atoms. The van der Waals surface area contributed by atoms with Crippen LogP contribution in [0.5, 0.6) is 11.5 Å². The summed E-state index contributed by atoms with van der Waals surface area (Å²) in [5.41, 5.74) is 1.84. The van der Waals surface area contributed by atoms with Gasteiger partial charge in [0.1, 0.15) is 11.5 Å². The van der Waals surface area contributed by atoms with Gasteiger partial charge in [-0.1, -0.05) is 36.4 Å². The lowest BCUT2D eigenvalue weighted by Gasteiger charge is -2.05. The molecule has 0 saturated carbocycles. The van der Waals surface area contributed by atoms with Crippen LogP contribution in [0.3, 0.4) is 0 Å². The summed E-state index contributed by atoms with van der Waals surface area (Å²) in [6.07, 6.45) is 5.02. The Bertz CT molecular complexity index is 745. The first-order valence-corrected chi connectivity index (χ1v) is 7.63. The summed E-state index contributed by atoms with van der Waals surface area (Å²) < 4.78 is 10.2. The van der Waals surface area contributed by atoms with Gasteiger partial charge in [-0.15, -0.1) is 0 Å². The summed E-state index contributed by atoms with van der Waals surface area (Å²) in [5, 5.41) is 9.93. The molecule has 4 nitrogen and oxygen atoms in total. The molecule has 4 heteroatoms. The molecule has 0 aliphatic carbocycles. The second kappa shape index (κ2) is 8.58. The minimum absolute atomic E-state index is 0.106. The number of phenols is 1. The quantitative estimate of drug-likeness (QED) is 0.494. The van der Waals surface area contributed by atoms with Crippen LogP contribution in [0.4, 0.5) is 0 Å². The molecule has 124 valence electrons. The van der Waals surface area contributed by atoms with E-state index in [4.69, 9.17) is 9.47 Å². The van der Waals surface area contributed by atoms with Crippen LogP contribution < -0.4 is 4.74 Å². The number of hydrogen-bond donors (Lipinski definition) is 1. The number of carbonyl (C=O) groups is 1. The first kappa shape index (κ1) is 17.3. The van der Waals surface area contributed by atoms with Crippen molar-refractivity contribution in [3.05, 3.63) is 71.3 Å². The molecule has 1 N–H and O–H groups in total. The fourth-order valence-electron chi connectivity index (χ4n) is 2.09. The normalized spacial score (nSPS) is 11.5. The highest BCUT2D eigenvalue weighted by molar-refractivity contribution is 5.98. The Labute approximate surface area is 141 Å².